The minimum absolute atomic E-state index is 0. The Labute approximate surface area is 240 Å². The maximum atomic E-state index is 11.0. The molecule has 212 valence electrons. The Morgan fingerprint density at radius 2 is 1.57 bits per heavy atom. The summed E-state index contributed by atoms with van der Waals surface area (Å²) in [4.78, 5) is 0. The van der Waals surface area contributed by atoms with Crippen LogP contribution in [0.5, 0.6) is 0 Å². The molecular weight excluding hydrogens is 544 g/mol. The molecule has 0 aromatic rings. The molecule has 6 heteroatoms. The predicted molar refractivity (Wildman–Crippen MR) is 152 cm³/mol. The summed E-state index contributed by atoms with van der Waals surface area (Å²) in [5, 5.41) is 22.2. The average molecular weight is 598 g/mol. The van der Waals surface area contributed by atoms with E-state index in [0.29, 0.717) is 52.1 Å². The first-order chi connectivity index (χ1) is 16.8. The molecular formula is C31H53BrN2O2S. The van der Waals surface area contributed by atoms with Crippen LogP contribution in [0.4, 0.5) is 0 Å². The molecule has 0 radical (unpaired) electrons. The summed E-state index contributed by atoms with van der Waals surface area (Å²) in [6.07, 6.45) is 11.7. The van der Waals surface area contributed by atoms with Crippen molar-refractivity contribution in [2.45, 2.75) is 105 Å². The molecule has 10 atom stereocenters. The van der Waals surface area contributed by atoms with E-state index >= 15 is 0 Å². The zero-order chi connectivity index (χ0) is 26.3. The van der Waals surface area contributed by atoms with Gasteiger partial charge in [0, 0.05) is 6.61 Å². The fourth-order valence-corrected chi connectivity index (χ4v) is 12.3. The highest BCUT2D eigenvalue weighted by Gasteiger charge is 2.70. The van der Waals surface area contributed by atoms with Crippen LogP contribution in [0.25, 0.3) is 0 Å². The van der Waals surface area contributed by atoms with Gasteiger partial charge in [0.25, 0.3) is 0 Å². The fraction of sp³-hybridized carbons (Fsp3) is 0.903. The molecule has 5 aliphatic carbocycles. The molecule has 0 aromatic heterocycles. The number of halogens is 1. The molecule has 0 spiro atoms. The highest BCUT2D eigenvalue weighted by molar-refractivity contribution is 7.78. The van der Waals surface area contributed by atoms with Crippen molar-refractivity contribution >= 4 is 16.5 Å². The number of hydrogen-bond acceptors (Lipinski definition) is 2. The van der Waals surface area contributed by atoms with Gasteiger partial charge in [-0.05, 0) is 126 Å². The van der Waals surface area contributed by atoms with Crippen LogP contribution in [0.3, 0.4) is 0 Å². The van der Waals surface area contributed by atoms with Gasteiger partial charge in [0.2, 0.25) is 11.4 Å². The summed E-state index contributed by atoms with van der Waals surface area (Å²) >= 11 is 1.52. The van der Waals surface area contributed by atoms with Crippen LogP contribution in [0, 0.1) is 56.7 Å². The molecule has 0 aliphatic heterocycles. The molecule has 5 aliphatic rings. The molecule has 37 heavy (non-hydrogen) atoms. The SMILES string of the molecule is C=C(C[S+]=C(N)N)[C@@H]1CC[C@]2(CO)CC[C@]3(C)[C@H](CCC4[C@@]5(C)CC[C@H](O)C(C)(C)[C@@H]5CC[C@]43C)[C@@H]12.[Br-]. The van der Waals surface area contributed by atoms with Gasteiger partial charge in [0.05, 0.1) is 6.10 Å². The molecule has 5 saturated carbocycles. The second-order valence-electron chi connectivity index (χ2n) is 15.1. The Balaban J connectivity index is 0.00000320. The van der Waals surface area contributed by atoms with Gasteiger partial charge < -0.3 is 27.2 Å². The Bertz CT molecular complexity index is 936. The molecule has 5 rings (SSSR count). The van der Waals surface area contributed by atoms with Gasteiger partial charge in [0.1, 0.15) is 0 Å². The lowest BCUT2D eigenvalue weighted by atomic mass is 9.32. The summed E-state index contributed by atoms with van der Waals surface area (Å²) in [6, 6.07) is 0. The van der Waals surface area contributed by atoms with E-state index in [1.807, 2.05) is 0 Å². The van der Waals surface area contributed by atoms with E-state index in [2.05, 4.69) is 41.2 Å². The van der Waals surface area contributed by atoms with Crippen molar-refractivity contribution in [1.29, 1.82) is 0 Å². The standard InChI is InChI=1S/C31H53N2O2S.BrH/c1-19(17-36-26(32)33)20-9-14-31(18-34)16-15-29(5)21(25(20)31)7-8-23-28(4)12-11-24(35)27(2,3)22(28)10-13-30(23,29)6;/h20-25,34-35H,1,7-18,32-33H2,2-6H3;1H/q+1;/p-1/t20-,21+,22-,23?,24-,25+,28-,29+,30+,31+;/m0./s1. The van der Waals surface area contributed by atoms with Crippen LogP contribution in [0.1, 0.15) is 98.8 Å². The van der Waals surface area contributed by atoms with Crippen molar-refractivity contribution in [3.05, 3.63) is 12.2 Å². The summed E-state index contributed by atoms with van der Waals surface area (Å²) in [7, 11) is 0. The van der Waals surface area contributed by atoms with Crippen LogP contribution in [-0.2, 0) is 11.4 Å². The van der Waals surface area contributed by atoms with Crippen molar-refractivity contribution in [3.63, 3.8) is 0 Å². The molecule has 5 fully saturated rings. The van der Waals surface area contributed by atoms with E-state index in [0.717, 1.165) is 31.4 Å². The molecule has 0 aromatic carbocycles. The predicted octanol–water partition coefficient (Wildman–Crippen LogP) is 2.07. The maximum absolute atomic E-state index is 11.0. The largest absolute Gasteiger partial charge is 1.00 e. The van der Waals surface area contributed by atoms with Gasteiger partial charge in [-0.3, -0.25) is 0 Å². The summed E-state index contributed by atoms with van der Waals surface area (Å²) in [6.45, 7) is 17.5. The van der Waals surface area contributed by atoms with Crippen LogP contribution in [-0.4, -0.2) is 33.8 Å². The monoisotopic (exact) mass is 596 g/mol. The molecule has 4 nitrogen and oxygen atoms in total. The third-order valence-electron chi connectivity index (χ3n) is 13.8. The lowest BCUT2D eigenvalue weighted by molar-refractivity contribution is -0.249. The van der Waals surface area contributed by atoms with E-state index in [-0.39, 0.29) is 39.3 Å². The molecule has 0 amide bonds. The molecule has 6 N–H and O–H groups in total. The van der Waals surface area contributed by atoms with Crippen molar-refractivity contribution < 1.29 is 27.2 Å². The highest BCUT2D eigenvalue weighted by Crippen LogP contribution is 2.77. The van der Waals surface area contributed by atoms with Crippen LogP contribution in [0.15, 0.2) is 12.2 Å². The average Bonchev–Trinajstić information content (AvgIpc) is 3.21. The van der Waals surface area contributed by atoms with Gasteiger partial charge in [-0.1, -0.05) is 41.2 Å². The maximum Gasteiger partial charge on any atom is 0.315 e. The van der Waals surface area contributed by atoms with Crippen molar-refractivity contribution in [2.24, 2.45) is 68.1 Å². The Kier molecular flexibility index (Phi) is 8.06. The first-order valence-electron chi connectivity index (χ1n) is 14.7. The van der Waals surface area contributed by atoms with Gasteiger partial charge in [-0.15, -0.1) is 0 Å². The summed E-state index contributed by atoms with van der Waals surface area (Å²) in [5.74, 6) is 3.72. The van der Waals surface area contributed by atoms with Gasteiger partial charge in [-0.25, -0.2) is 11.5 Å². The van der Waals surface area contributed by atoms with Crippen molar-refractivity contribution in [2.75, 3.05) is 12.4 Å². The number of hydrogen-bond donors (Lipinski definition) is 4. The van der Waals surface area contributed by atoms with Crippen molar-refractivity contribution in [1.82, 2.24) is 0 Å². The van der Waals surface area contributed by atoms with Gasteiger partial charge in [-0.2, -0.15) is 0 Å². The number of rotatable bonds is 4. The number of nitrogens with two attached hydrogens (primary N) is 2. The van der Waals surface area contributed by atoms with E-state index in [1.54, 1.807) is 0 Å². The van der Waals surface area contributed by atoms with Crippen LogP contribution >= 0.6 is 0 Å². The number of aliphatic hydroxyl groups is 2. The second-order valence-corrected chi connectivity index (χ2v) is 16.1. The third kappa shape index (κ3) is 4.12. The van der Waals surface area contributed by atoms with E-state index in [4.69, 9.17) is 11.5 Å². The highest BCUT2D eigenvalue weighted by atomic mass is 79.9. The van der Waals surface area contributed by atoms with Gasteiger partial charge in [0.15, 0.2) is 5.75 Å². The van der Waals surface area contributed by atoms with E-state index in [9.17, 15) is 10.2 Å². The number of fused-ring (bicyclic) bond motifs is 7. The minimum Gasteiger partial charge on any atom is -1.00 e. The minimum atomic E-state index is -0.172. The third-order valence-corrected chi connectivity index (χ3v) is 14.7. The molecule has 0 saturated heterocycles. The fourth-order valence-electron chi connectivity index (χ4n) is 11.7. The van der Waals surface area contributed by atoms with Crippen LogP contribution in [0.2, 0.25) is 0 Å². The Hall–Kier alpha value is 0.150. The van der Waals surface area contributed by atoms with Gasteiger partial charge >= 0.3 is 5.11 Å². The number of aliphatic hydroxyl groups excluding tert-OH is 2. The van der Waals surface area contributed by atoms with Crippen molar-refractivity contribution in [3.8, 4) is 0 Å². The first-order valence-corrected chi connectivity index (χ1v) is 15.7. The zero-order valence-corrected chi connectivity index (χ0v) is 26.4. The molecule has 1 unspecified atom stereocenters. The second kappa shape index (κ2) is 9.91. The lowest BCUT2D eigenvalue weighted by Crippen LogP contribution is -3.00. The summed E-state index contributed by atoms with van der Waals surface area (Å²) in [5.41, 5.74) is 13.8. The zero-order valence-electron chi connectivity index (χ0n) is 24.0. The van der Waals surface area contributed by atoms with E-state index < -0.39 is 0 Å². The Morgan fingerprint density at radius 1 is 0.865 bits per heavy atom. The normalized spacial score (nSPS) is 50.0. The first kappa shape index (κ1) is 30.1. The quantitative estimate of drug-likeness (QED) is 0.227. The Morgan fingerprint density at radius 3 is 2.22 bits per heavy atom. The molecule has 0 bridgehead atoms. The lowest BCUT2D eigenvalue weighted by Gasteiger charge is -2.73. The topological polar surface area (TPSA) is 92.5 Å². The van der Waals surface area contributed by atoms with E-state index in [1.165, 1.54) is 55.4 Å². The molecule has 0 heterocycles. The summed E-state index contributed by atoms with van der Waals surface area (Å²) < 4.78 is 0. The van der Waals surface area contributed by atoms with Crippen LogP contribution < -0.4 is 28.4 Å². The smallest absolute Gasteiger partial charge is 0.315 e.